The third-order valence-corrected chi connectivity index (χ3v) is 11.3. The van der Waals surface area contributed by atoms with Gasteiger partial charge in [-0.15, -0.1) is 11.3 Å². The summed E-state index contributed by atoms with van der Waals surface area (Å²) in [6.45, 7) is 8.52. The fraction of sp³-hybridized carbons (Fsp3) is 0.410. The van der Waals surface area contributed by atoms with E-state index in [-0.39, 0.29) is 36.6 Å². The van der Waals surface area contributed by atoms with E-state index in [0.717, 1.165) is 53.4 Å². The van der Waals surface area contributed by atoms with Crippen LogP contribution in [0.2, 0.25) is 0 Å². The molecule has 0 unspecified atom stereocenters. The van der Waals surface area contributed by atoms with Crippen molar-refractivity contribution in [2.45, 2.75) is 57.8 Å². The topological polar surface area (TPSA) is 113 Å². The number of ether oxygens (including phenoxy) is 1. The number of carbonyl (C=O) groups excluding carboxylic acids is 2. The maximum Gasteiger partial charge on any atom is 0.310 e. The summed E-state index contributed by atoms with van der Waals surface area (Å²) in [4.78, 5) is 53.3. The van der Waals surface area contributed by atoms with Gasteiger partial charge < -0.3 is 19.6 Å². The zero-order valence-electron chi connectivity index (χ0n) is 28.6. The smallest absolute Gasteiger partial charge is 0.310 e. The number of carboxylic acids is 1. The highest BCUT2D eigenvalue weighted by atomic mass is 32.1. The third kappa shape index (κ3) is 7.85. The Kier molecular flexibility index (Phi) is 10.2. The molecule has 9 nitrogen and oxygen atoms in total. The molecule has 1 amide bonds. The van der Waals surface area contributed by atoms with Crippen LogP contribution in [-0.2, 0) is 21.4 Å². The summed E-state index contributed by atoms with van der Waals surface area (Å²) in [6, 6.07) is 19.9. The Morgan fingerprint density at radius 3 is 2.24 bits per heavy atom. The van der Waals surface area contributed by atoms with Crippen LogP contribution in [0.25, 0.3) is 11.4 Å². The number of likely N-dealkylation sites (tertiary alicyclic amines) is 1. The normalized spacial score (nSPS) is 16.2. The SMILES string of the molecule is COc1ccccc1C1CCN(c2cnc(-c3ccc(C[C@H](CC(=O)c4ccc(C(C)(C)C)s4)C(=O)N4CC(C(=O)O)C4)cc3)nc2)CC1. The number of aliphatic carboxylic acids is 1. The first-order valence-electron chi connectivity index (χ1n) is 16.9. The lowest BCUT2D eigenvalue weighted by molar-refractivity contribution is -0.154. The minimum Gasteiger partial charge on any atom is -0.496 e. The lowest BCUT2D eigenvalue weighted by atomic mass is 9.88. The molecule has 1 atom stereocenters. The second kappa shape index (κ2) is 14.5. The molecule has 0 bridgehead atoms. The lowest BCUT2D eigenvalue weighted by Crippen LogP contribution is -2.55. The predicted molar refractivity (Wildman–Crippen MR) is 192 cm³/mol. The van der Waals surface area contributed by atoms with Crippen LogP contribution in [0.5, 0.6) is 5.75 Å². The van der Waals surface area contributed by atoms with E-state index >= 15 is 0 Å². The monoisotopic (exact) mass is 680 g/mol. The van der Waals surface area contributed by atoms with Crippen molar-refractivity contribution in [2.24, 2.45) is 11.8 Å². The molecule has 49 heavy (non-hydrogen) atoms. The number of piperidine rings is 1. The summed E-state index contributed by atoms with van der Waals surface area (Å²) < 4.78 is 5.59. The van der Waals surface area contributed by atoms with Gasteiger partial charge in [0.25, 0.3) is 0 Å². The average Bonchev–Trinajstić information content (AvgIpc) is 3.60. The van der Waals surface area contributed by atoms with Crippen LogP contribution >= 0.6 is 11.3 Å². The molecule has 6 rings (SSSR count). The Balaban J connectivity index is 1.10. The Bertz CT molecular complexity index is 1780. The molecule has 2 saturated heterocycles. The van der Waals surface area contributed by atoms with E-state index in [9.17, 15) is 19.5 Å². The van der Waals surface area contributed by atoms with Gasteiger partial charge in [-0.1, -0.05) is 63.2 Å². The Hall–Kier alpha value is -4.57. The lowest BCUT2D eigenvalue weighted by Gasteiger charge is -2.38. The molecule has 256 valence electrons. The number of carbonyl (C=O) groups is 3. The second-order valence-electron chi connectivity index (χ2n) is 14.2. The molecule has 1 N–H and O–H groups in total. The minimum absolute atomic E-state index is 0.0664. The third-order valence-electron chi connectivity index (χ3n) is 9.71. The number of rotatable bonds is 11. The van der Waals surface area contributed by atoms with Gasteiger partial charge in [-0.2, -0.15) is 0 Å². The van der Waals surface area contributed by atoms with Gasteiger partial charge in [0.1, 0.15) is 5.75 Å². The number of aromatic nitrogens is 2. The van der Waals surface area contributed by atoms with E-state index in [1.807, 2.05) is 60.9 Å². The van der Waals surface area contributed by atoms with Gasteiger partial charge in [0.2, 0.25) is 5.91 Å². The number of nitrogens with zero attached hydrogens (tertiary/aromatic N) is 4. The van der Waals surface area contributed by atoms with Gasteiger partial charge in [-0.25, -0.2) is 9.97 Å². The number of carboxylic acid groups (broad SMARTS) is 1. The zero-order chi connectivity index (χ0) is 34.7. The summed E-state index contributed by atoms with van der Waals surface area (Å²) in [6.07, 6.45) is 6.27. The van der Waals surface area contributed by atoms with E-state index in [0.29, 0.717) is 23.0 Å². The first kappa shape index (κ1) is 34.3. The standard InChI is InChI=1S/C39H44N4O5S/c1-39(2,3)35-14-13-34(49-35)32(44)20-28(37(45)43-23-29(24-43)38(46)47)19-25-9-11-27(12-10-25)36-40-21-30(22-41-36)42-17-15-26(16-18-42)31-7-5-6-8-33(31)48-4/h5-14,21-22,26,28-29H,15-20,23-24H2,1-4H3,(H,46,47)/t28-/m1/s1. The molecule has 2 aromatic carbocycles. The van der Waals surface area contributed by atoms with Crippen molar-refractivity contribution in [3.8, 4) is 17.1 Å². The molecule has 0 radical (unpaired) electrons. The molecule has 2 aromatic heterocycles. The largest absolute Gasteiger partial charge is 0.496 e. The number of methoxy groups -OCH3 is 1. The Labute approximate surface area is 292 Å². The van der Waals surface area contributed by atoms with Crippen molar-refractivity contribution in [3.63, 3.8) is 0 Å². The predicted octanol–water partition coefficient (Wildman–Crippen LogP) is 6.87. The van der Waals surface area contributed by atoms with Gasteiger partial charge in [-0.05, 0) is 59.9 Å². The summed E-state index contributed by atoms with van der Waals surface area (Å²) in [7, 11) is 1.73. The molecular formula is C39H44N4O5S. The summed E-state index contributed by atoms with van der Waals surface area (Å²) in [5.41, 5.74) is 3.99. The fourth-order valence-electron chi connectivity index (χ4n) is 6.70. The summed E-state index contributed by atoms with van der Waals surface area (Å²) >= 11 is 1.48. The number of para-hydroxylation sites is 1. The highest BCUT2D eigenvalue weighted by molar-refractivity contribution is 7.14. The number of anilines is 1. The van der Waals surface area contributed by atoms with E-state index in [1.165, 1.54) is 16.9 Å². The highest BCUT2D eigenvalue weighted by Gasteiger charge is 2.39. The van der Waals surface area contributed by atoms with Gasteiger partial charge in [0.05, 0.1) is 36.0 Å². The van der Waals surface area contributed by atoms with Gasteiger partial charge in [-0.3, -0.25) is 14.4 Å². The number of hydrogen-bond acceptors (Lipinski definition) is 8. The molecule has 0 aliphatic carbocycles. The van der Waals surface area contributed by atoms with Crippen LogP contribution in [0.15, 0.2) is 73.1 Å². The Morgan fingerprint density at radius 2 is 1.63 bits per heavy atom. The number of ketones is 1. The van der Waals surface area contributed by atoms with Crippen molar-refractivity contribution in [2.75, 3.05) is 38.2 Å². The Morgan fingerprint density at radius 1 is 0.959 bits per heavy atom. The zero-order valence-corrected chi connectivity index (χ0v) is 29.4. The van der Waals surface area contributed by atoms with Crippen LogP contribution in [-0.4, -0.2) is 70.9 Å². The van der Waals surface area contributed by atoms with Crippen molar-refractivity contribution in [1.29, 1.82) is 0 Å². The first-order chi connectivity index (χ1) is 23.5. The van der Waals surface area contributed by atoms with Crippen molar-refractivity contribution in [1.82, 2.24) is 14.9 Å². The van der Waals surface area contributed by atoms with Crippen molar-refractivity contribution < 1.29 is 24.2 Å². The van der Waals surface area contributed by atoms with Crippen LogP contribution in [0.1, 0.15) is 71.6 Å². The molecule has 10 heteroatoms. The first-order valence-corrected chi connectivity index (χ1v) is 17.8. The average molecular weight is 681 g/mol. The molecule has 4 aromatic rings. The molecule has 0 saturated carbocycles. The van der Waals surface area contributed by atoms with E-state index in [4.69, 9.17) is 4.74 Å². The van der Waals surface area contributed by atoms with Crippen molar-refractivity contribution >= 4 is 34.7 Å². The maximum absolute atomic E-state index is 13.6. The molecule has 2 fully saturated rings. The van der Waals surface area contributed by atoms with E-state index in [2.05, 4.69) is 47.8 Å². The maximum atomic E-state index is 13.6. The molecule has 2 aliphatic rings. The molecule has 0 spiro atoms. The van der Waals surface area contributed by atoms with E-state index in [1.54, 1.807) is 12.0 Å². The highest BCUT2D eigenvalue weighted by Crippen LogP contribution is 2.36. The quantitative estimate of drug-likeness (QED) is 0.171. The number of benzene rings is 2. The van der Waals surface area contributed by atoms with Gasteiger partial charge in [0.15, 0.2) is 11.6 Å². The number of Topliss-reactive ketones (excluding diaryl/α,β-unsaturated/α-hetero) is 1. The van der Waals surface area contributed by atoms with Crippen LogP contribution in [0, 0.1) is 11.8 Å². The summed E-state index contributed by atoms with van der Waals surface area (Å²) in [5.74, 6) is -0.244. The van der Waals surface area contributed by atoms with Gasteiger partial charge >= 0.3 is 5.97 Å². The molecular weight excluding hydrogens is 637 g/mol. The van der Waals surface area contributed by atoms with Crippen LogP contribution < -0.4 is 9.64 Å². The molecule has 2 aliphatic heterocycles. The number of thiophene rings is 1. The van der Waals surface area contributed by atoms with Crippen LogP contribution in [0.4, 0.5) is 5.69 Å². The summed E-state index contributed by atoms with van der Waals surface area (Å²) in [5, 5.41) is 9.33. The number of amides is 1. The van der Waals surface area contributed by atoms with Crippen LogP contribution in [0.3, 0.4) is 0 Å². The fourth-order valence-corrected chi connectivity index (χ4v) is 7.71. The van der Waals surface area contributed by atoms with Gasteiger partial charge in [0, 0.05) is 49.0 Å². The van der Waals surface area contributed by atoms with E-state index < -0.39 is 17.8 Å². The minimum atomic E-state index is -0.899. The molecule has 4 heterocycles. The second-order valence-corrected chi connectivity index (χ2v) is 15.3. The van der Waals surface area contributed by atoms with Crippen molar-refractivity contribution in [3.05, 3.63) is 93.9 Å². The number of hydrogen-bond donors (Lipinski definition) is 1.